The van der Waals surface area contributed by atoms with Gasteiger partial charge in [0.05, 0.1) is 0 Å². The van der Waals surface area contributed by atoms with E-state index in [-0.39, 0.29) is 36.0 Å². The maximum Gasteiger partial charge on any atom is 0.251 e. The van der Waals surface area contributed by atoms with Crippen LogP contribution in [0, 0.1) is 5.92 Å². The van der Waals surface area contributed by atoms with Crippen LogP contribution in [0.2, 0.25) is 0 Å². The highest BCUT2D eigenvalue weighted by molar-refractivity contribution is 14.0. The number of guanidine groups is 1. The van der Waals surface area contributed by atoms with Gasteiger partial charge in [-0.25, -0.2) is 0 Å². The summed E-state index contributed by atoms with van der Waals surface area (Å²) < 4.78 is 5.55. The third-order valence-electron chi connectivity index (χ3n) is 5.74. The lowest BCUT2D eigenvalue weighted by atomic mass is 10.0. The van der Waals surface area contributed by atoms with Crippen molar-refractivity contribution in [1.82, 2.24) is 20.0 Å². The first-order valence-electron chi connectivity index (χ1n) is 10.8. The van der Waals surface area contributed by atoms with Gasteiger partial charge >= 0.3 is 0 Å². The zero-order valence-electron chi connectivity index (χ0n) is 18.9. The van der Waals surface area contributed by atoms with Crippen LogP contribution >= 0.6 is 24.0 Å². The number of piperazine rings is 1. The smallest absolute Gasteiger partial charge is 0.251 e. The van der Waals surface area contributed by atoms with Crippen molar-refractivity contribution in [3.63, 3.8) is 0 Å². The van der Waals surface area contributed by atoms with Gasteiger partial charge in [0.2, 0.25) is 0 Å². The number of rotatable bonds is 9. The monoisotopic (exact) mass is 533 g/mol. The van der Waals surface area contributed by atoms with E-state index in [9.17, 15) is 4.79 Å². The summed E-state index contributed by atoms with van der Waals surface area (Å²) in [4.78, 5) is 23.6. The van der Waals surface area contributed by atoms with Gasteiger partial charge in [-0.3, -0.25) is 14.7 Å². The SMILES string of the molecule is C=CCN(CC=C)C(CNC(=NC)N1CCN(C(=O)C2CCCO2)CC1)C(C)C.I. The standard InChI is InChI=1S/C22H39N5O2.HI/c1-6-10-25(11-7-2)19(18(3)4)17-24-22(23-5)27-14-12-26(13-15-27)21(28)20-9-8-16-29-20;/h6-7,18-20H,1-2,8-17H2,3-5H3,(H,23,24);1H. The molecule has 0 aromatic rings. The van der Waals surface area contributed by atoms with Crippen molar-refractivity contribution in [3.8, 4) is 0 Å². The number of hydrogen-bond acceptors (Lipinski definition) is 4. The quantitative estimate of drug-likeness (QED) is 0.213. The van der Waals surface area contributed by atoms with Crippen LogP contribution in [-0.2, 0) is 9.53 Å². The van der Waals surface area contributed by atoms with Gasteiger partial charge in [0, 0.05) is 65.5 Å². The van der Waals surface area contributed by atoms with E-state index in [1.54, 1.807) is 0 Å². The number of halogens is 1. The van der Waals surface area contributed by atoms with Crippen LogP contribution in [0.1, 0.15) is 26.7 Å². The van der Waals surface area contributed by atoms with Crippen molar-refractivity contribution in [2.75, 3.05) is 59.5 Å². The van der Waals surface area contributed by atoms with Crippen molar-refractivity contribution in [2.45, 2.75) is 38.8 Å². The molecule has 2 rings (SSSR count). The Hall–Kier alpha value is -1.13. The average molecular weight is 533 g/mol. The zero-order valence-corrected chi connectivity index (χ0v) is 21.2. The minimum Gasteiger partial charge on any atom is -0.368 e. The Morgan fingerprint density at radius 1 is 1.20 bits per heavy atom. The first-order chi connectivity index (χ1) is 14.0. The Morgan fingerprint density at radius 2 is 1.80 bits per heavy atom. The summed E-state index contributed by atoms with van der Waals surface area (Å²) in [6, 6.07) is 0.352. The third kappa shape index (κ3) is 7.53. The molecule has 172 valence electrons. The molecule has 2 saturated heterocycles. The molecule has 2 unspecified atom stereocenters. The summed E-state index contributed by atoms with van der Waals surface area (Å²) in [6.45, 7) is 18.4. The molecule has 0 aromatic carbocycles. The summed E-state index contributed by atoms with van der Waals surface area (Å²) in [5.74, 6) is 1.54. The highest BCUT2D eigenvalue weighted by Gasteiger charge is 2.31. The Balaban J connectivity index is 0.00000450. The number of carbonyl (C=O) groups excluding carboxylic acids is 1. The third-order valence-corrected chi connectivity index (χ3v) is 5.74. The first-order valence-corrected chi connectivity index (χ1v) is 10.8. The molecular weight excluding hydrogens is 493 g/mol. The fourth-order valence-corrected chi connectivity index (χ4v) is 4.11. The van der Waals surface area contributed by atoms with Gasteiger partial charge in [-0.2, -0.15) is 0 Å². The lowest BCUT2D eigenvalue weighted by Gasteiger charge is -2.38. The van der Waals surface area contributed by atoms with Gasteiger partial charge in [-0.15, -0.1) is 37.1 Å². The topological polar surface area (TPSA) is 60.4 Å². The molecule has 7 nitrogen and oxygen atoms in total. The van der Waals surface area contributed by atoms with E-state index in [0.717, 1.165) is 51.5 Å². The summed E-state index contributed by atoms with van der Waals surface area (Å²) in [5.41, 5.74) is 0. The van der Waals surface area contributed by atoms with Crippen LogP contribution in [0.4, 0.5) is 0 Å². The Morgan fingerprint density at radius 3 is 2.27 bits per heavy atom. The van der Waals surface area contributed by atoms with Crippen LogP contribution in [0.5, 0.6) is 0 Å². The predicted molar refractivity (Wildman–Crippen MR) is 134 cm³/mol. The van der Waals surface area contributed by atoms with Gasteiger partial charge in [0.25, 0.3) is 5.91 Å². The summed E-state index contributed by atoms with van der Waals surface area (Å²) >= 11 is 0. The molecule has 1 amide bonds. The van der Waals surface area contributed by atoms with Gasteiger partial charge in [-0.1, -0.05) is 26.0 Å². The Labute approximate surface area is 199 Å². The highest BCUT2D eigenvalue weighted by atomic mass is 127. The van der Waals surface area contributed by atoms with Crippen LogP contribution in [0.3, 0.4) is 0 Å². The predicted octanol–water partition coefficient (Wildman–Crippen LogP) is 2.20. The van der Waals surface area contributed by atoms with Crippen molar-refractivity contribution in [2.24, 2.45) is 10.9 Å². The molecule has 30 heavy (non-hydrogen) atoms. The highest BCUT2D eigenvalue weighted by Crippen LogP contribution is 2.16. The molecular formula is C22H40IN5O2. The maximum absolute atomic E-state index is 12.5. The van der Waals surface area contributed by atoms with E-state index in [1.165, 1.54) is 0 Å². The Bertz CT molecular complexity index is 560. The number of ether oxygens (including phenoxy) is 1. The van der Waals surface area contributed by atoms with Crippen molar-refractivity contribution in [1.29, 1.82) is 0 Å². The molecule has 2 aliphatic heterocycles. The summed E-state index contributed by atoms with van der Waals surface area (Å²) in [5, 5.41) is 3.55. The molecule has 0 radical (unpaired) electrons. The van der Waals surface area contributed by atoms with Crippen molar-refractivity contribution in [3.05, 3.63) is 25.3 Å². The maximum atomic E-state index is 12.5. The molecule has 0 spiro atoms. The molecule has 0 saturated carbocycles. The van der Waals surface area contributed by atoms with E-state index in [0.29, 0.717) is 31.7 Å². The molecule has 0 aliphatic carbocycles. The molecule has 2 aliphatic rings. The molecule has 0 aromatic heterocycles. The van der Waals surface area contributed by atoms with Crippen molar-refractivity contribution >= 4 is 35.8 Å². The summed E-state index contributed by atoms with van der Waals surface area (Å²) in [7, 11) is 1.82. The second kappa shape index (κ2) is 14.0. The summed E-state index contributed by atoms with van der Waals surface area (Å²) in [6.07, 6.45) is 5.49. The van der Waals surface area contributed by atoms with Crippen molar-refractivity contribution < 1.29 is 9.53 Å². The Kier molecular flexibility index (Phi) is 12.6. The molecule has 2 fully saturated rings. The van der Waals surface area contributed by atoms with Crippen LogP contribution in [-0.4, -0.2) is 98.2 Å². The number of nitrogens with zero attached hydrogens (tertiary/aromatic N) is 4. The van der Waals surface area contributed by atoms with Crippen LogP contribution in [0.15, 0.2) is 30.3 Å². The second-order valence-electron chi connectivity index (χ2n) is 8.08. The lowest BCUT2D eigenvalue weighted by molar-refractivity contribution is -0.142. The second-order valence-corrected chi connectivity index (χ2v) is 8.08. The number of nitrogens with one attached hydrogen (secondary N) is 1. The van der Waals surface area contributed by atoms with E-state index >= 15 is 0 Å². The molecule has 1 N–H and O–H groups in total. The molecule has 2 atom stereocenters. The molecule has 2 heterocycles. The number of hydrogen-bond donors (Lipinski definition) is 1. The van der Waals surface area contributed by atoms with E-state index < -0.39 is 0 Å². The van der Waals surface area contributed by atoms with Gasteiger partial charge in [-0.05, 0) is 18.8 Å². The van der Waals surface area contributed by atoms with Crippen LogP contribution < -0.4 is 5.32 Å². The normalized spacial score (nSPS) is 20.8. The van der Waals surface area contributed by atoms with Gasteiger partial charge in [0.1, 0.15) is 6.10 Å². The number of amides is 1. The van der Waals surface area contributed by atoms with Gasteiger partial charge in [0.15, 0.2) is 5.96 Å². The number of aliphatic imine (C=N–C) groups is 1. The largest absolute Gasteiger partial charge is 0.368 e. The lowest BCUT2D eigenvalue weighted by Crippen LogP contribution is -2.57. The minimum absolute atomic E-state index is 0. The fraction of sp³-hybridized carbons (Fsp3) is 0.727. The van der Waals surface area contributed by atoms with E-state index in [1.807, 2.05) is 24.1 Å². The number of carbonyl (C=O) groups is 1. The zero-order chi connectivity index (χ0) is 21.2. The first kappa shape index (κ1) is 26.9. The molecule has 8 heteroatoms. The fourth-order valence-electron chi connectivity index (χ4n) is 4.11. The van der Waals surface area contributed by atoms with E-state index in [2.05, 4.69) is 47.1 Å². The van der Waals surface area contributed by atoms with Gasteiger partial charge < -0.3 is 19.9 Å². The average Bonchev–Trinajstić information content (AvgIpc) is 3.25. The minimum atomic E-state index is -0.230. The van der Waals surface area contributed by atoms with Crippen LogP contribution in [0.25, 0.3) is 0 Å². The molecule has 0 bridgehead atoms. The van der Waals surface area contributed by atoms with E-state index in [4.69, 9.17) is 4.74 Å².